The SMILES string of the molecule is Cc1[nH]c2c(F)ccc(C(C)C)c2c1C#N. The van der Waals surface area contributed by atoms with Gasteiger partial charge in [0.15, 0.2) is 0 Å². The van der Waals surface area contributed by atoms with Crippen molar-refractivity contribution in [3.05, 3.63) is 34.8 Å². The van der Waals surface area contributed by atoms with E-state index in [1.54, 1.807) is 13.0 Å². The van der Waals surface area contributed by atoms with Crippen LogP contribution in [-0.4, -0.2) is 4.98 Å². The number of halogens is 1. The standard InChI is InChI=1S/C13H13FN2/c1-7(2)9-4-5-11(14)13-12(9)10(6-15)8(3)16-13/h4-5,7,16H,1-3H3. The molecule has 82 valence electrons. The lowest BCUT2D eigenvalue weighted by Gasteiger charge is -2.07. The maximum Gasteiger partial charge on any atom is 0.147 e. The summed E-state index contributed by atoms with van der Waals surface area (Å²) in [5.41, 5.74) is 2.74. The van der Waals surface area contributed by atoms with E-state index in [-0.39, 0.29) is 11.7 Å². The minimum atomic E-state index is -0.302. The zero-order chi connectivity index (χ0) is 11.9. The highest BCUT2D eigenvalue weighted by Gasteiger charge is 2.16. The summed E-state index contributed by atoms with van der Waals surface area (Å²) in [5, 5.41) is 9.84. The zero-order valence-corrected chi connectivity index (χ0v) is 9.56. The number of hydrogen-bond donors (Lipinski definition) is 1. The van der Waals surface area contributed by atoms with Crippen LogP contribution in [0.4, 0.5) is 4.39 Å². The summed E-state index contributed by atoms with van der Waals surface area (Å²) in [6.07, 6.45) is 0. The van der Waals surface area contributed by atoms with Crippen LogP contribution < -0.4 is 0 Å². The second kappa shape index (κ2) is 3.64. The molecule has 1 aromatic carbocycles. The van der Waals surface area contributed by atoms with Crippen molar-refractivity contribution < 1.29 is 4.39 Å². The number of hydrogen-bond acceptors (Lipinski definition) is 1. The minimum absolute atomic E-state index is 0.269. The van der Waals surface area contributed by atoms with Gasteiger partial charge in [-0.05, 0) is 24.5 Å². The summed E-state index contributed by atoms with van der Waals surface area (Å²) in [4.78, 5) is 2.94. The third-order valence-electron chi connectivity index (χ3n) is 2.86. The van der Waals surface area contributed by atoms with E-state index in [1.807, 2.05) is 13.8 Å². The third kappa shape index (κ3) is 1.38. The summed E-state index contributed by atoms with van der Waals surface area (Å²) < 4.78 is 13.6. The van der Waals surface area contributed by atoms with Gasteiger partial charge in [-0.15, -0.1) is 0 Å². The van der Waals surface area contributed by atoms with Crippen molar-refractivity contribution in [1.82, 2.24) is 4.98 Å². The van der Waals surface area contributed by atoms with E-state index in [0.29, 0.717) is 11.1 Å². The Labute approximate surface area is 93.7 Å². The number of aryl methyl sites for hydroxylation is 1. The highest BCUT2D eigenvalue weighted by Crippen LogP contribution is 2.31. The fourth-order valence-corrected chi connectivity index (χ4v) is 2.04. The Kier molecular flexibility index (Phi) is 2.43. The fraction of sp³-hybridized carbons (Fsp3) is 0.308. The predicted molar refractivity (Wildman–Crippen MR) is 61.8 cm³/mol. The van der Waals surface area contributed by atoms with Gasteiger partial charge in [0.1, 0.15) is 11.9 Å². The number of aromatic nitrogens is 1. The Morgan fingerprint density at radius 3 is 2.62 bits per heavy atom. The molecule has 0 spiro atoms. The number of benzene rings is 1. The van der Waals surface area contributed by atoms with E-state index in [4.69, 9.17) is 5.26 Å². The third-order valence-corrected chi connectivity index (χ3v) is 2.86. The summed E-state index contributed by atoms with van der Waals surface area (Å²) >= 11 is 0. The molecule has 0 fully saturated rings. The van der Waals surface area contributed by atoms with E-state index in [9.17, 15) is 4.39 Å². The Morgan fingerprint density at radius 1 is 1.38 bits per heavy atom. The van der Waals surface area contributed by atoms with Gasteiger partial charge in [-0.2, -0.15) is 5.26 Å². The first kappa shape index (κ1) is 10.7. The van der Waals surface area contributed by atoms with Crippen LogP contribution in [0.5, 0.6) is 0 Å². The first-order valence-corrected chi connectivity index (χ1v) is 5.27. The maximum atomic E-state index is 13.6. The molecule has 0 aliphatic heterocycles. The lowest BCUT2D eigenvalue weighted by molar-refractivity contribution is 0.636. The second-order valence-electron chi connectivity index (χ2n) is 4.28. The minimum Gasteiger partial charge on any atom is -0.355 e. The summed E-state index contributed by atoms with van der Waals surface area (Å²) in [5.74, 6) is -0.0330. The molecule has 0 aliphatic carbocycles. The van der Waals surface area contributed by atoms with Crippen LogP contribution in [0.15, 0.2) is 12.1 Å². The van der Waals surface area contributed by atoms with Gasteiger partial charge in [0.25, 0.3) is 0 Å². The Bertz CT molecular complexity index is 588. The molecule has 0 amide bonds. The van der Waals surface area contributed by atoms with Crippen molar-refractivity contribution >= 4 is 10.9 Å². The van der Waals surface area contributed by atoms with Gasteiger partial charge in [-0.3, -0.25) is 0 Å². The number of rotatable bonds is 1. The monoisotopic (exact) mass is 216 g/mol. The molecule has 2 aromatic rings. The van der Waals surface area contributed by atoms with Crippen molar-refractivity contribution in [2.75, 3.05) is 0 Å². The van der Waals surface area contributed by atoms with E-state index in [2.05, 4.69) is 11.1 Å². The molecular formula is C13H13FN2. The molecule has 2 rings (SSSR count). The number of fused-ring (bicyclic) bond motifs is 1. The van der Waals surface area contributed by atoms with E-state index in [0.717, 1.165) is 16.6 Å². The summed E-state index contributed by atoms with van der Waals surface area (Å²) in [6.45, 7) is 5.87. The molecule has 0 unspecified atom stereocenters. The van der Waals surface area contributed by atoms with Crippen LogP contribution in [-0.2, 0) is 0 Å². The Balaban J connectivity index is 2.96. The van der Waals surface area contributed by atoms with Crippen LogP contribution in [0.2, 0.25) is 0 Å². The first-order chi connectivity index (χ1) is 7.56. The fourth-order valence-electron chi connectivity index (χ4n) is 2.04. The highest BCUT2D eigenvalue weighted by molar-refractivity contribution is 5.91. The average molecular weight is 216 g/mol. The number of aromatic amines is 1. The van der Waals surface area contributed by atoms with Crippen LogP contribution >= 0.6 is 0 Å². The van der Waals surface area contributed by atoms with Crippen molar-refractivity contribution in [3.63, 3.8) is 0 Å². The van der Waals surface area contributed by atoms with Gasteiger partial charge in [0.2, 0.25) is 0 Å². The topological polar surface area (TPSA) is 39.6 Å². The highest BCUT2D eigenvalue weighted by atomic mass is 19.1. The number of nitriles is 1. The molecule has 0 radical (unpaired) electrons. The molecule has 0 atom stereocenters. The largest absolute Gasteiger partial charge is 0.355 e. The lowest BCUT2D eigenvalue weighted by Crippen LogP contribution is -1.91. The molecule has 1 N–H and O–H groups in total. The molecule has 0 bridgehead atoms. The van der Waals surface area contributed by atoms with Crippen molar-refractivity contribution in [2.45, 2.75) is 26.7 Å². The molecule has 1 aromatic heterocycles. The van der Waals surface area contributed by atoms with Gasteiger partial charge < -0.3 is 4.98 Å². The van der Waals surface area contributed by atoms with Gasteiger partial charge in [0.05, 0.1) is 11.1 Å². The molecule has 2 nitrogen and oxygen atoms in total. The summed E-state index contributed by atoms with van der Waals surface area (Å²) in [6, 6.07) is 5.36. The maximum absolute atomic E-state index is 13.6. The Morgan fingerprint density at radius 2 is 2.06 bits per heavy atom. The summed E-state index contributed by atoms with van der Waals surface area (Å²) in [7, 11) is 0. The van der Waals surface area contributed by atoms with E-state index in [1.165, 1.54) is 6.07 Å². The van der Waals surface area contributed by atoms with E-state index < -0.39 is 0 Å². The molecule has 0 aliphatic rings. The van der Waals surface area contributed by atoms with Crippen LogP contribution in [0.25, 0.3) is 10.9 Å². The van der Waals surface area contributed by atoms with Gasteiger partial charge in [-0.1, -0.05) is 19.9 Å². The van der Waals surface area contributed by atoms with E-state index >= 15 is 0 Å². The molecule has 16 heavy (non-hydrogen) atoms. The molecular weight excluding hydrogens is 203 g/mol. The number of nitrogens with one attached hydrogen (secondary N) is 1. The van der Waals surface area contributed by atoms with Gasteiger partial charge in [-0.25, -0.2) is 4.39 Å². The average Bonchev–Trinajstić information content (AvgIpc) is 2.55. The number of nitrogens with zero attached hydrogens (tertiary/aromatic N) is 1. The van der Waals surface area contributed by atoms with Crippen molar-refractivity contribution in [1.29, 1.82) is 5.26 Å². The molecule has 0 saturated carbocycles. The van der Waals surface area contributed by atoms with Crippen LogP contribution in [0.3, 0.4) is 0 Å². The lowest BCUT2D eigenvalue weighted by atomic mass is 9.96. The quantitative estimate of drug-likeness (QED) is 0.777. The van der Waals surface area contributed by atoms with Crippen molar-refractivity contribution in [3.8, 4) is 6.07 Å². The molecule has 3 heteroatoms. The van der Waals surface area contributed by atoms with Gasteiger partial charge in [0, 0.05) is 11.1 Å². The number of H-pyrrole nitrogens is 1. The first-order valence-electron chi connectivity index (χ1n) is 5.27. The zero-order valence-electron chi connectivity index (χ0n) is 9.56. The molecule has 1 heterocycles. The predicted octanol–water partition coefficient (Wildman–Crippen LogP) is 3.61. The van der Waals surface area contributed by atoms with Crippen LogP contribution in [0, 0.1) is 24.1 Å². The second-order valence-corrected chi connectivity index (χ2v) is 4.28. The van der Waals surface area contributed by atoms with Crippen LogP contribution in [0.1, 0.15) is 36.6 Å². The Hall–Kier alpha value is -1.82. The van der Waals surface area contributed by atoms with Gasteiger partial charge >= 0.3 is 0 Å². The molecule has 0 saturated heterocycles. The van der Waals surface area contributed by atoms with Crippen molar-refractivity contribution in [2.24, 2.45) is 0 Å². The smallest absolute Gasteiger partial charge is 0.147 e. The normalized spacial score (nSPS) is 11.0.